The Kier molecular flexibility index (Phi) is 4.38. The first-order valence-corrected chi connectivity index (χ1v) is 7.77. The summed E-state index contributed by atoms with van der Waals surface area (Å²) < 4.78 is 39.9. The fraction of sp³-hybridized carbons (Fsp3) is 0.462. The van der Waals surface area contributed by atoms with Crippen LogP contribution in [0.4, 0.5) is 4.39 Å². The predicted octanol–water partition coefficient (Wildman–Crippen LogP) is 1.23. The van der Waals surface area contributed by atoms with Gasteiger partial charge in [0.2, 0.25) is 10.0 Å². The van der Waals surface area contributed by atoms with Crippen LogP contribution in [0.3, 0.4) is 0 Å². The van der Waals surface area contributed by atoms with Crippen molar-refractivity contribution < 1.29 is 17.9 Å². The maximum absolute atomic E-state index is 13.6. The minimum atomic E-state index is -3.98. The second-order valence-corrected chi connectivity index (χ2v) is 6.51. The summed E-state index contributed by atoms with van der Waals surface area (Å²) >= 11 is 0. The van der Waals surface area contributed by atoms with Crippen molar-refractivity contribution in [1.82, 2.24) is 4.31 Å². The monoisotopic (exact) mass is 298 g/mol. The zero-order chi connectivity index (χ0) is 14.8. The number of halogens is 1. The van der Waals surface area contributed by atoms with Crippen LogP contribution in [-0.2, 0) is 10.0 Å². The molecule has 0 radical (unpaired) electrons. The molecule has 1 fully saturated rings. The molecule has 0 aliphatic heterocycles. The largest absolute Gasteiger partial charge is 0.395 e. The summed E-state index contributed by atoms with van der Waals surface area (Å²) in [5.74, 6) is -0.855. The number of rotatable bonds is 5. The second kappa shape index (κ2) is 5.87. The molecular formula is C13H15FN2O3S. The van der Waals surface area contributed by atoms with Crippen molar-refractivity contribution >= 4 is 10.0 Å². The van der Waals surface area contributed by atoms with Gasteiger partial charge in [-0.25, -0.2) is 12.8 Å². The number of aliphatic hydroxyl groups excluding tert-OH is 1. The average molecular weight is 298 g/mol. The van der Waals surface area contributed by atoms with E-state index >= 15 is 0 Å². The molecule has 0 aromatic heterocycles. The van der Waals surface area contributed by atoms with Crippen LogP contribution in [0.15, 0.2) is 23.1 Å². The Labute approximate surface area is 117 Å². The zero-order valence-electron chi connectivity index (χ0n) is 10.8. The summed E-state index contributed by atoms with van der Waals surface area (Å²) in [5, 5.41) is 18.0. The van der Waals surface area contributed by atoms with Gasteiger partial charge in [-0.1, -0.05) is 12.5 Å². The van der Waals surface area contributed by atoms with E-state index < -0.39 is 21.4 Å². The number of benzene rings is 1. The van der Waals surface area contributed by atoms with Gasteiger partial charge in [0.25, 0.3) is 0 Å². The lowest BCUT2D eigenvalue weighted by Crippen LogP contribution is -2.45. The molecule has 1 aliphatic rings. The van der Waals surface area contributed by atoms with Gasteiger partial charge in [0.05, 0.1) is 6.61 Å². The highest BCUT2D eigenvalue weighted by atomic mass is 32.2. The van der Waals surface area contributed by atoms with Gasteiger partial charge in [-0.3, -0.25) is 0 Å². The van der Waals surface area contributed by atoms with Crippen LogP contribution in [0.1, 0.15) is 24.8 Å². The van der Waals surface area contributed by atoms with E-state index in [1.54, 1.807) is 6.07 Å². The van der Waals surface area contributed by atoms with Gasteiger partial charge in [-0.15, -0.1) is 0 Å². The quantitative estimate of drug-likeness (QED) is 0.886. The summed E-state index contributed by atoms with van der Waals surface area (Å²) in [6.07, 6.45) is 2.36. The van der Waals surface area contributed by atoms with E-state index in [0.29, 0.717) is 0 Å². The van der Waals surface area contributed by atoms with Crippen LogP contribution in [0.5, 0.6) is 0 Å². The molecule has 1 aliphatic carbocycles. The molecular weight excluding hydrogens is 283 g/mol. The summed E-state index contributed by atoms with van der Waals surface area (Å²) in [6.45, 7) is -0.360. The molecule has 0 bridgehead atoms. The summed E-state index contributed by atoms with van der Waals surface area (Å²) in [7, 11) is -3.98. The number of sulfonamides is 1. The third-order valence-corrected chi connectivity index (χ3v) is 5.47. The third-order valence-electron chi connectivity index (χ3n) is 3.48. The van der Waals surface area contributed by atoms with Crippen molar-refractivity contribution in [2.75, 3.05) is 13.2 Å². The Morgan fingerprint density at radius 3 is 2.65 bits per heavy atom. The predicted molar refractivity (Wildman–Crippen MR) is 69.7 cm³/mol. The minimum absolute atomic E-state index is 0.0472. The normalized spacial score (nSPS) is 15.9. The molecule has 0 saturated heterocycles. The number of aliphatic hydroxyl groups is 1. The average Bonchev–Trinajstić information content (AvgIpc) is 2.35. The Morgan fingerprint density at radius 2 is 2.15 bits per heavy atom. The van der Waals surface area contributed by atoms with Gasteiger partial charge in [-0.2, -0.15) is 9.57 Å². The Balaban J connectivity index is 2.48. The van der Waals surface area contributed by atoms with E-state index in [4.69, 9.17) is 10.4 Å². The molecule has 7 heteroatoms. The maximum Gasteiger partial charge on any atom is 0.244 e. The van der Waals surface area contributed by atoms with E-state index in [0.717, 1.165) is 25.3 Å². The van der Waals surface area contributed by atoms with Crippen molar-refractivity contribution in [3.8, 4) is 6.07 Å². The molecule has 2 rings (SSSR count). The van der Waals surface area contributed by atoms with Gasteiger partial charge in [0.15, 0.2) is 0 Å². The van der Waals surface area contributed by atoms with Gasteiger partial charge < -0.3 is 5.11 Å². The molecule has 1 aromatic rings. The van der Waals surface area contributed by atoms with Crippen LogP contribution in [-0.4, -0.2) is 37.0 Å². The SMILES string of the molecule is N#Cc1c(F)cccc1S(=O)(=O)N(CCO)C1CCC1. The van der Waals surface area contributed by atoms with E-state index in [2.05, 4.69) is 0 Å². The Bertz CT molecular complexity index is 636. The highest BCUT2D eigenvalue weighted by molar-refractivity contribution is 7.89. The van der Waals surface area contributed by atoms with Crippen molar-refractivity contribution in [1.29, 1.82) is 5.26 Å². The van der Waals surface area contributed by atoms with E-state index in [-0.39, 0.29) is 24.1 Å². The molecule has 1 saturated carbocycles. The molecule has 20 heavy (non-hydrogen) atoms. The number of hydrogen-bond acceptors (Lipinski definition) is 4. The third kappa shape index (κ3) is 2.54. The van der Waals surface area contributed by atoms with Gasteiger partial charge in [-0.05, 0) is 25.0 Å². The first-order valence-electron chi connectivity index (χ1n) is 6.33. The van der Waals surface area contributed by atoms with Gasteiger partial charge in [0.1, 0.15) is 22.3 Å². The first-order chi connectivity index (χ1) is 9.52. The van der Waals surface area contributed by atoms with E-state index in [9.17, 15) is 12.8 Å². The molecule has 0 amide bonds. The van der Waals surface area contributed by atoms with Crippen LogP contribution in [0.2, 0.25) is 0 Å². The van der Waals surface area contributed by atoms with Crippen LogP contribution in [0.25, 0.3) is 0 Å². The van der Waals surface area contributed by atoms with Gasteiger partial charge in [0, 0.05) is 12.6 Å². The minimum Gasteiger partial charge on any atom is -0.395 e. The smallest absolute Gasteiger partial charge is 0.244 e. The van der Waals surface area contributed by atoms with Crippen molar-refractivity contribution in [2.45, 2.75) is 30.2 Å². The molecule has 0 atom stereocenters. The van der Waals surface area contributed by atoms with Crippen LogP contribution >= 0.6 is 0 Å². The van der Waals surface area contributed by atoms with Crippen molar-refractivity contribution in [3.05, 3.63) is 29.6 Å². The fourth-order valence-corrected chi connectivity index (χ4v) is 4.06. The highest BCUT2D eigenvalue weighted by Crippen LogP contribution is 2.31. The highest BCUT2D eigenvalue weighted by Gasteiger charge is 2.36. The van der Waals surface area contributed by atoms with E-state index in [1.807, 2.05) is 0 Å². The lowest BCUT2D eigenvalue weighted by Gasteiger charge is -2.36. The lowest BCUT2D eigenvalue weighted by molar-refractivity contribution is 0.178. The second-order valence-electron chi connectivity index (χ2n) is 4.65. The summed E-state index contributed by atoms with van der Waals surface area (Å²) in [5.41, 5.74) is -0.477. The molecule has 0 heterocycles. The van der Waals surface area contributed by atoms with Crippen LogP contribution < -0.4 is 0 Å². The molecule has 108 valence electrons. The zero-order valence-corrected chi connectivity index (χ0v) is 11.6. The van der Waals surface area contributed by atoms with E-state index in [1.165, 1.54) is 16.4 Å². The number of hydrogen-bond donors (Lipinski definition) is 1. The Morgan fingerprint density at radius 1 is 1.45 bits per heavy atom. The van der Waals surface area contributed by atoms with Crippen LogP contribution in [0, 0.1) is 17.1 Å². The first kappa shape index (κ1) is 14.9. The van der Waals surface area contributed by atoms with Crippen molar-refractivity contribution in [3.63, 3.8) is 0 Å². The topological polar surface area (TPSA) is 81.4 Å². The summed E-state index contributed by atoms with van der Waals surface area (Å²) in [6, 6.07) is 4.96. The molecule has 1 aromatic carbocycles. The fourth-order valence-electron chi connectivity index (χ4n) is 2.23. The maximum atomic E-state index is 13.6. The Hall–Kier alpha value is -1.49. The summed E-state index contributed by atoms with van der Waals surface area (Å²) in [4.78, 5) is -0.333. The number of nitriles is 1. The molecule has 5 nitrogen and oxygen atoms in total. The van der Waals surface area contributed by atoms with Gasteiger partial charge >= 0.3 is 0 Å². The van der Waals surface area contributed by atoms with Crippen molar-refractivity contribution in [2.24, 2.45) is 0 Å². The molecule has 0 unspecified atom stereocenters. The molecule has 0 spiro atoms. The molecule has 1 N–H and O–H groups in total. The lowest BCUT2D eigenvalue weighted by atomic mass is 9.93. The number of nitrogens with zero attached hydrogens (tertiary/aromatic N) is 2. The standard InChI is InChI=1S/C13H15FN2O3S/c14-12-5-2-6-13(11(12)9-15)20(18,19)16(7-8-17)10-3-1-4-10/h2,5-6,10,17H,1,3-4,7-8H2.